The lowest BCUT2D eigenvalue weighted by atomic mass is 10.2. The topological polar surface area (TPSA) is 45.2 Å². The lowest BCUT2D eigenvalue weighted by molar-refractivity contribution is 0.0938. The summed E-state index contributed by atoms with van der Waals surface area (Å²) >= 11 is 0. The molecule has 4 nitrogen and oxygen atoms in total. The third-order valence-electron chi connectivity index (χ3n) is 2.75. The number of nitrogens with zero attached hydrogens (tertiary/aromatic N) is 2. The first-order chi connectivity index (χ1) is 9.08. The highest BCUT2D eigenvalue weighted by Crippen LogP contribution is 2.14. The Balaban J connectivity index is 2.76. The van der Waals surface area contributed by atoms with E-state index in [0.717, 1.165) is 31.6 Å². The second-order valence-corrected chi connectivity index (χ2v) is 5.02. The van der Waals surface area contributed by atoms with Crippen molar-refractivity contribution in [3.05, 3.63) is 24.0 Å². The van der Waals surface area contributed by atoms with Crippen LogP contribution in [0.4, 0.5) is 5.69 Å². The average Bonchev–Trinajstić information content (AvgIpc) is 2.38. The highest BCUT2D eigenvalue weighted by Gasteiger charge is 2.10. The third kappa shape index (κ3) is 4.89. The fourth-order valence-corrected chi connectivity index (χ4v) is 1.95. The van der Waals surface area contributed by atoms with E-state index in [1.54, 1.807) is 12.3 Å². The second kappa shape index (κ2) is 7.77. The maximum absolute atomic E-state index is 11.8. The maximum Gasteiger partial charge on any atom is 0.270 e. The summed E-state index contributed by atoms with van der Waals surface area (Å²) in [4.78, 5) is 18.4. The van der Waals surface area contributed by atoms with Gasteiger partial charge >= 0.3 is 0 Å². The molecule has 0 bridgehead atoms. The highest BCUT2D eigenvalue weighted by molar-refractivity contribution is 5.92. The number of carbonyl (C=O) groups is 1. The van der Waals surface area contributed by atoms with E-state index in [1.807, 2.05) is 19.9 Å². The molecule has 0 aliphatic heterocycles. The number of hydrogen-bond donors (Lipinski definition) is 1. The van der Waals surface area contributed by atoms with Gasteiger partial charge in [0.2, 0.25) is 0 Å². The molecule has 0 atom stereocenters. The predicted octanol–water partition coefficient (Wildman–Crippen LogP) is 2.85. The Kier molecular flexibility index (Phi) is 6.33. The molecule has 1 rings (SSSR count). The van der Waals surface area contributed by atoms with E-state index in [2.05, 4.69) is 29.0 Å². The van der Waals surface area contributed by atoms with Crippen molar-refractivity contribution in [1.29, 1.82) is 0 Å². The van der Waals surface area contributed by atoms with Gasteiger partial charge in [0.1, 0.15) is 5.69 Å². The number of nitrogens with one attached hydrogen (secondary N) is 1. The highest BCUT2D eigenvalue weighted by atomic mass is 16.1. The fraction of sp³-hybridized carbons (Fsp3) is 0.600. The standard InChI is InChI=1S/C15H25N3O/c1-5-9-18(10-6-2)13-7-8-14(16-11-13)15(19)17-12(3)4/h7-8,11-12H,5-6,9-10H2,1-4H3,(H,17,19). The van der Waals surface area contributed by atoms with Gasteiger partial charge in [-0.05, 0) is 38.8 Å². The molecule has 0 radical (unpaired) electrons. The molecule has 19 heavy (non-hydrogen) atoms. The van der Waals surface area contributed by atoms with E-state index in [-0.39, 0.29) is 11.9 Å². The molecule has 1 amide bonds. The molecule has 0 aromatic carbocycles. The van der Waals surface area contributed by atoms with Crippen molar-refractivity contribution in [1.82, 2.24) is 10.3 Å². The van der Waals surface area contributed by atoms with E-state index >= 15 is 0 Å². The van der Waals surface area contributed by atoms with Gasteiger partial charge in [-0.2, -0.15) is 0 Å². The van der Waals surface area contributed by atoms with Crippen molar-refractivity contribution in [2.24, 2.45) is 0 Å². The van der Waals surface area contributed by atoms with Crippen LogP contribution in [0.1, 0.15) is 51.0 Å². The molecule has 0 aliphatic rings. The summed E-state index contributed by atoms with van der Waals surface area (Å²) in [5.41, 5.74) is 1.56. The zero-order chi connectivity index (χ0) is 14.3. The molecule has 1 N–H and O–H groups in total. The number of carbonyl (C=O) groups excluding carboxylic acids is 1. The Labute approximate surface area is 116 Å². The van der Waals surface area contributed by atoms with Crippen LogP contribution < -0.4 is 10.2 Å². The molecule has 106 valence electrons. The summed E-state index contributed by atoms with van der Waals surface area (Å²) in [6.45, 7) is 10.3. The van der Waals surface area contributed by atoms with E-state index in [0.29, 0.717) is 5.69 Å². The summed E-state index contributed by atoms with van der Waals surface area (Å²) in [6, 6.07) is 3.91. The van der Waals surface area contributed by atoms with Gasteiger partial charge in [-0.3, -0.25) is 4.79 Å². The minimum absolute atomic E-state index is 0.112. The van der Waals surface area contributed by atoms with Crippen LogP contribution >= 0.6 is 0 Å². The number of rotatable bonds is 7. The molecule has 0 unspecified atom stereocenters. The van der Waals surface area contributed by atoms with Gasteiger partial charge in [0.25, 0.3) is 5.91 Å². The summed E-state index contributed by atoms with van der Waals surface area (Å²) in [7, 11) is 0. The molecule has 1 aromatic rings. The molecule has 0 saturated carbocycles. The van der Waals surface area contributed by atoms with Gasteiger partial charge in [-0.15, -0.1) is 0 Å². The SMILES string of the molecule is CCCN(CCC)c1ccc(C(=O)NC(C)C)nc1. The Bertz CT molecular complexity index is 381. The summed E-state index contributed by atoms with van der Waals surface area (Å²) in [5.74, 6) is -0.112. The Hall–Kier alpha value is -1.58. The van der Waals surface area contributed by atoms with E-state index in [4.69, 9.17) is 0 Å². The van der Waals surface area contributed by atoms with E-state index in [1.165, 1.54) is 0 Å². The van der Waals surface area contributed by atoms with Gasteiger partial charge in [-0.25, -0.2) is 4.98 Å². The Morgan fingerprint density at radius 1 is 1.26 bits per heavy atom. The minimum Gasteiger partial charge on any atom is -0.370 e. The molecule has 0 fully saturated rings. The molecule has 0 saturated heterocycles. The van der Waals surface area contributed by atoms with Gasteiger partial charge < -0.3 is 10.2 Å². The quantitative estimate of drug-likeness (QED) is 0.822. The van der Waals surface area contributed by atoms with Crippen molar-refractivity contribution in [2.75, 3.05) is 18.0 Å². The normalized spacial score (nSPS) is 10.6. The smallest absolute Gasteiger partial charge is 0.270 e. The molecular formula is C15H25N3O. The van der Waals surface area contributed by atoms with Crippen LogP contribution in [0.2, 0.25) is 0 Å². The maximum atomic E-state index is 11.8. The number of amides is 1. The van der Waals surface area contributed by atoms with Gasteiger partial charge in [0, 0.05) is 19.1 Å². The lowest BCUT2D eigenvalue weighted by Crippen LogP contribution is -2.31. The average molecular weight is 263 g/mol. The summed E-state index contributed by atoms with van der Waals surface area (Å²) in [5, 5.41) is 2.84. The molecule has 0 aliphatic carbocycles. The summed E-state index contributed by atoms with van der Waals surface area (Å²) < 4.78 is 0. The van der Waals surface area contributed by atoms with Gasteiger partial charge in [0.15, 0.2) is 0 Å². The van der Waals surface area contributed by atoms with Crippen LogP contribution in [0, 0.1) is 0 Å². The first kappa shape index (κ1) is 15.5. The summed E-state index contributed by atoms with van der Waals surface area (Å²) in [6.07, 6.45) is 4.01. The Morgan fingerprint density at radius 2 is 1.89 bits per heavy atom. The van der Waals surface area contributed by atoms with Crippen LogP contribution in [0.3, 0.4) is 0 Å². The molecule has 1 aromatic heterocycles. The zero-order valence-corrected chi connectivity index (χ0v) is 12.4. The van der Waals surface area contributed by atoms with Crippen LogP contribution in [0.5, 0.6) is 0 Å². The first-order valence-corrected chi connectivity index (χ1v) is 7.10. The fourth-order valence-electron chi connectivity index (χ4n) is 1.95. The number of aromatic nitrogens is 1. The van der Waals surface area contributed by atoms with Crippen LogP contribution in [-0.4, -0.2) is 30.0 Å². The van der Waals surface area contributed by atoms with Crippen molar-refractivity contribution in [3.63, 3.8) is 0 Å². The Morgan fingerprint density at radius 3 is 2.32 bits per heavy atom. The largest absolute Gasteiger partial charge is 0.370 e. The monoisotopic (exact) mass is 263 g/mol. The van der Waals surface area contributed by atoms with Crippen molar-refractivity contribution >= 4 is 11.6 Å². The molecule has 1 heterocycles. The second-order valence-electron chi connectivity index (χ2n) is 5.02. The van der Waals surface area contributed by atoms with Crippen LogP contribution in [0.25, 0.3) is 0 Å². The first-order valence-electron chi connectivity index (χ1n) is 7.10. The van der Waals surface area contributed by atoms with E-state index < -0.39 is 0 Å². The van der Waals surface area contributed by atoms with Crippen molar-refractivity contribution in [2.45, 2.75) is 46.6 Å². The molecule has 0 spiro atoms. The van der Waals surface area contributed by atoms with Gasteiger partial charge in [-0.1, -0.05) is 13.8 Å². The minimum atomic E-state index is -0.112. The van der Waals surface area contributed by atoms with Crippen molar-refractivity contribution in [3.8, 4) is 0 Å². The zero-order valence-electron chi connectivity index (χ0n) is 12.4. The number of anilines is 1. The van der Waals surface area contributed by atoms with Gasteiger partial charge in [0.05, 0.1) is 11.9 Å². The lowest BCUT2D eigenvalue weighted by Gasteiger charge is -2.23. The van der Waals surface area contributed by atoms with Crippen LogP contribution in [-0.2, 0) is 0 Å². The molecule has 4 heteroatoms. The van der Waals surface area contributed by atoms with E-state index in [9.17, 15) is 4.79 Å². The number of hydrogen-bond acceptors (Lipinski definition) is 3. The third-order valence-corrected chi connectivity index (χ3v) is 2.75. The van der Waals surface area contributed by atoms with Crippen LogP contribution in [0.15, 0.2) is 18.3 Å². The predicted molar refractivity (Wildman–Crippen MR) is 79.6 cm³/mol. The van der Waals surface area contributed by atoms with Crippen molar-refractivity contribution < 1.29 is 4.79 Å². The number of pyridine rings is 1. The molecular weight excluding hydrogens is 238 g/mol.